The van der Waals surface area contributed by atoms with Gasteiger partial charge in [0.15, 0.2) is 5.85 Å². The molecule has 0 amide bonds. The zero-order valence-corrected chi connectivity index (χ0v) is 17.7. The molecule has 1 aliphatic rings. The lowest BCUT2D eigenvalue weighted by atomic mass is 9.75. The maximum Gasteiger partial charge on any atom is 0.264 e. The third-order valence-electron chi connectivity index (χ3n) is 5.86. The van der Waals surface area contributed by atoms with E-state index < -0.39 is 19.0 Å². The first-order chi connectivity index (χ1) is 13.3. The number of rotatable bonds is 6. The Balaban J connectivity index is 1.99. The standard InChI is InChI=1S/C23H30FO3P/c1-16(2)21-14-9-17(3)15-22(21)27-28(26,20-7-5-4-6-8-20)23(25)18-10-12-19(24)13-11-18/h4-8,10-13,16-17,21-23,25H,9,14-15H2,1-3H3/t17-,21-,22+,23-,28+/m1/s1. The first-order valence-corrected chi connectivity index (χ1v) is 11.8. The van der Waals surface area contributed by atoms with Crippen LogP contribution in [0, 0.1) is 23.6 Å². The number of hydrogen-bond acceptors (Lipinski definition) is 3. The minimum absolute atomic E-state index is 0.176. The smallest absolute Gasteiger partial charge is 0.264 e. The Bertz CT molecular complexity index is 806. The van der Waals surface area contributed by atoms with Gasteiger partial charge in [0.1, 0.15) is 5.82 Å². The number of aliphatic hydroxyl groups is 1. The summed E-state index contributed by atoms with van der Waals surface area (Å²) in [5, 5.41) is 11.6. The number of benzene rings is 2. The molecule has 0 aromatic heterocycles. The van der Waals surface area contributed by atoms with E-state index in [4.69, 9.17) is 4.52 Å². The van der Waals surface area contributed by atoms with Crippen LogP contribution in [0.1, 0.15) is 51.4 Å². The molecule has 3 rings (SSSR count). The van der Waals surface area contributed by atoms with Gasteiger partial charge in [-0.15, -0.1) is 0 Å². The fourth-order valence-electron chi connectivity index (χ4n) is 4.16. The van der Waals surface area contributed by atoms with Gasteiger partial charge < -0.3 is 9.63 Å². The summed E-state index contributed by atoms with van der Waals surface area (Å²) in [6.45, 7) is 6.53. The van der Waals surface area contributed by atoms with Crippen LogP contribution in [0.3, 0.4) is 0 Å². The molecule has 0 aliphatic heterocycles. The highest BCUT2D eigenvalue weighted by atomic mass is 31.2. The Hall–Kier alpha value is -1.48. The quantitative estimate of drug-likeness (QED) is 0.610. The third-order valence-corrected chi connectivity index (χ3v) is 8.40. The number of aliphatic hydroxyl groups excluding tert-OH is 1. The Morgan fingerprint density at radius 1 is 1.07 bits per heavy atom. The lowest BCUT2D eigenvalue weighted by Gasteiger charge is -2.39. The van der Waals surface area contributed by atoms with Crippen molar-refractivity contribution in [1.82, 2.24) is 0 Å². The second kappa shape index (κ2) is 8.90. The zero-order valence-electron chi connectivity index (χ0n) is 16.8. The van der Waals surface area contributed by atoms with Crippen LogP contribution in [0.4, 0.5) is 4.39 Å². The van der Waals surface area contributed by atoms with Crippen LogP contribution in [-0.2, 0) is 9.09 Å². The van der Waals surface area contributed by atoms with E-state index in [2.05, 4.69) is 20.8 Å². The highest BCUT2D eigenvalue weighted by molar-refractivity contribution is 7.67. The largest absolute Gasteiger partial charge is 0.378 e. The van der Waals surface area contributed by atoms with E-state index in [0.29, 0.717) is 28.6 Å². The van der Waals surface area contributed by atoms with Crippen LogP contribution in [-0.4, -0.2) is 11.2 Å². The molecule has 28 heavy (non-hydrogen) atoms. The van der Waals surface area contributed by atoms with Gasteiger partial charge in [-0.2, -0.15) is 0 Å². The first-order valence-electron chi connectivity index (χ1n) is 10.1. The van der Waals surface area contributed by atoms with E-state index in [0.717, 1.165) is 19.3 Å². The van der Waals surface area contributed by atoms with Crippen LogP contribution in [0.25, 0.3) is 0 Å². The van der Waals surface area contributed by atoms with Crippen LogP contribution in [0.2, 0.25) is 0 Å². The molecule has 5 atom stereocenters. The summed E-state index contributed by atoms with van der Waals surface area (Å²) in [4.78, 5) is 0. The fourth-order valence-corrected chi connectivity index (χ4v) is 6.48. The second-order valence-electron chi connectivity index (χ2n) is 8.33. The molecule has 0 radical (unpaired) electrons. The average molecular weight is 404 g/mol. The summed E-state index contributed by atoms with van der Waals surface area (Å²) < 4.78 is 33.9. The Morgan fingerprint density at radius 3 is 2.32 bits per heavy atom. The minimum atomic E-state index is -3.64. The van der Waals surface area contributed by atoms with Crippen molar-refractivity contribution in [3.63, 3.8) is 0 Å². The van der Waals surface area contributed by atoms with Gasteiger partial charge in [-0.1, -0.05) is 57.5 Å². The third kappa shape index (κ3) is 4.56. The predicted octanol–water partition coefficient (Wildman–Crippen LogP) is 5.90. The molecule has 0 unspecified atom stereocenters. The van der Waals surface area contributed by atoms with Crippen molar-refractivity contribution >= 4 is 12.7 Å². The summed E-state index contributed by atoms with van der Waals surface area (Å²) in [6.07, 6.45) is 2.82. The van der Waals surface area contributed by atoms with Gasteiger partial charge in [-0.25, -0.2) is 4.39 Å². The zero-order chi connectivity index (χ0) is 20.3. The molecule has 2 aromatic carbocycles. The van der Waals surface area contributed by atoms with Gasteiger partial charge in [0.05, 0.1) is 6.10 Å². The van der Waals surface area contributed by atoms with E-state index in [9.17, 15) is 14.1 Å². The van der Waals surface area contributed by atoms with Crippen molar-refractivity contribution in [3.05, 3.63) is 66.0 Å². The molecular weight excluding hydrogens is 374 g/mol. The number of hydrogen-bond donors (Lipinski definition) is 1. The first kappa shape index (κ1) is 21.2. The molecule has 152 valence electrons. The highest BCUT2D eigenvalue weighted by Gasteiger charge is 2.42. The van der Waals surface area contributed by atoms with Crippen molar-refractivity contribution in [3.8, 4) is 0 Å². The molecule has 1 saturated carbocycles. The van der Waals surface area contributed by atoms with Crippen molar-refractivity contribution in [2.45, 2.75) is 52.0 Å². The molecular formula is C23H30FO3P. The fraction of sp³-hybridized carbons (Fsp3) is 0.478. The van der Waals surface area contributed by atoms with Crippen molar-refractivity contribution in [2.75, 3.05) is 0 Å². The van der Waals surface area contributed by atoms with E-state index in [1.807, 2.05) is 6.07 Å². The van der Waals surface area contributed by atoms with Crippen LogP contribution in [0.5, 0.6) is 0 Å². The van der Waals surface area contributed by atoms with Crippen LogP contribution in [0.15, 0.2) is 54.6 Å². The second-order valence-corrected chi connectivity index (χ2v) is 10.7. The van der Waals surface area contributed by atoms with Crippen LogP contribution >= 0.6 is 7.37 Å². The average Bonchev–Trinajstić information content (AvgIpc) is 2.68. The topological polar surface area (TPSA) is 46.5 Å². The molecule has 5 heteroatoms. The highest BCUT2D eigenvalue weighted by Crippen LogP contribution is 2.60. The van der Waals surface area contributed by atoms with Gasteiger partial charge in [0, 0.05) is 5.30 Å². The summed E-state index contributed by atoms with van der Waals surface area (Å²) in [5.74, 6) is -0.529. The maximum atomic E-state index is 14.2. The van der Waals surface area contributed by atoms with Gasteiger partial charge >= 0.3 is 0 Å². The number of halogens is 1. The predicted molar refractivity (Wildman–Crippen MR) is 111 cm³/mol. The van der Waals surface area contributed by atoms with Crippen LogP contribution < -0.4 is 5.30 Å². The Labute approximate surface area is 167 Å². The molecule has 1 aliphatic carbocycles. The summed E-state index contributed by atoms with van der Waals surface area (Å²) >= 11 is 0. The molecule has 1 N–H and O–H groups in total. The minimum Gasteiger partial charge on any atom is -0.378 e. The van der Waals surface area contributed by atoms with Crippen molar-refractivity contribution < 1.29 is 18.6 Å². The van der Waals surface area contributed by atoms with Gasteiger partial charge in [0.25, 0.3) is 7.37 Å². The Kier molecular flexibility index (Phi) is 6.75. The molecule has 2 aromatic rings. The summed E-state index contributed by atoms with van der Waals surface area (Å²) in [5.41, 5.74) is 0.401. The molecule has 0 saturated heterocycles. The monoisotopic (exact) mass is 404 g/mol. The lowest BCUT2D eigenvalue weighted by molar-refractivity contribution is 0.0427. The van der Waals surface area contributed by atoms with Crippen molar-refractivity contribution in [1.29, 1.82) is 0 Å². The maximum absolute atomic E-state index is 14.2. The Morgan fingerprint density at radius 2 is 1.71 bits per heavy atom. The lowest BCUT2D eigenvalue weighted by Crippen LogP contribution is -2.35. The summed E-state index contributed by atoms with van der Waals surface area (Å²) in [7, 11) is -3.64. The van der Waals surface area contributed by atoms with Gasteiger partial charge in [-0.3, -0.25) is 4.57 Å². The molecule has 0 bridgehead atoms. The van der Waals surface area contributed by atoms with E-state index >= 15 is 0 Å². The van der Waals surface area contributed by atoms with Gasteiger partial charge in [0.2, 0.25) is 0 Å². The van der Waals surface area contributed by atoms with E-state index in [-0.39, 0.29) is 6.10 Å². The normalized spacial score (nSPS) is 26.0. The van der Waals surface area contributed by atoms with E-state index in [1.54, 1.807) is 24.3 Å². The van der Waals surface area contributed by atoms with E-state index in [1.165, 1.54) is 24.3 Å². The molecule has 3 nitrogen and oxygen atoms in total. The van der Waals surface area contributed by atoms with Crippen molar-refractivity contribution in [2.24, 2.45) is 17.8 Å². The summed E-state index contributed by atoms with van der Waals surface area (Å²) in [6, 6.07) is 14.4. The molecule has 1 fully saturated rings. The SMILES string of the molecule is CC(C)[C@H]1CC[C@@H](C)C[C@@H]1O[P@@](=O)(c1ccccc1)[C@@H](O)c1ccc(F)cc1. The van der Waals surface area contributed by atoms with Gasteiger partial charge in [-0.05, 0) is 60.4 Å². The molecule has 0 spiro atoms. The molecule has 0 heterocycles.